The van der Waals surface area contributed by atoms with Gasteiger partial charge in [-0.2, -0.15) is 0 Å². The summed E-state index contributed by atoms with van der Waals surface area (Å²) < 4.78 is 5.05. The SMILES string of the molecule is Cc1ncc2c(n1)NC(=O)CO2. The monoisotopic (exact) mass is 165 g/mol. The lowest BCUT2D eigenvalue weighted by atomic mass is 10.4. The largest absolute Gasteiger partial charge is 0.478 e. The van der Waals surface area contributed by atoms with Gasteiger partial charge in [-0.15, -0.1) is 0 Å². The van der Waals surface area contributed by atoms with Crippen molar-refractivity contribution in [3.05, 3.63) is 12.0 Å². The van der Waals surface area contributed by atoms with Gasteiger partial charge < -0.3 is 10.1 Å². The van der Waals surface area contributed by atoms with Crippen molar-refractivity contribution in [2.24, 2.45) is 0 Å². The van der Waals surface area contributed by atoms with Crippen LogP contribution in [-0.4, -0.2) is 22.5 Å². The molecule has 0 saturated heterocycles. The molecule has 1 aromatic heterocycles. The number of rotatable bonds is 0. The van der Waals surface area contributed by atoms with Gasteiger partial charge in [-0.3, -0.25) is 4.79 Å². The van der Waals surface area contributed by atoms with Crippen LogP contribution in [0.15, 0.2) is 6.20 Å². The van der Waals surface area contributed by atoms with E-state index in [-0.39, 0.29) is 12.5 Å². The molecule has 12 heavy (non-hydrogen) atoms. The zero-order chi connectivity index (χ0) is 8.55. The van der Waals surface area contributed by atoms with Crippen molar-refractivity contribution < 1.29 is 9.53 Å². The highest BCUT2D eigenvalue weighted by atomic mass is 16.5. The molecule has 1 amide bonds. The van der Waals surface area contributed by atoms with E-state index in [1.807, 2.05) is 0 Å². The lowest BCUT2D eigenvalue weighted by Crippen LogP contribution is -2.26. The van der Waals surface area contributed by atoms with Crippen LogP contribution in [0.5, 0.6) is 5.75 Å². The molecular formula is C7H7N3O2. The number of amides is 1. The number of aromatic nitrogens is 2. The third kappa shape index (κ3) is 1.09. The standard InChI is InChI=1S/C7H7N3O2/c1-4-8-2-5-7(9-4)10-6(11)3-12-5/h2H,3H2,1H3,(H,8,9,10,11). The second-order valence-electron chi connectivity index (χ2n) is 2.47. The second kappa shape index (κ2) is 2.44. The third-order valence-corrected chi connectivity index (χ3v) is 1.49. The Bertz CT molecular complexity index is 337. The summed E-state index contributed by atoms with van der Waals surface area (Å²) in [6, 6.07) is 0. The number of fused-ring (bicyclic) bond motifs is 1. The van der Waals surface area contributed by atoms with Crippen molar-refractivity contribution in [3.63, 3.8) is 0 Å². The number of carbonyl (C=O) groups excluding carboxylic acids is 1. The van der Waals surface area contributed by atoms with Crippen LogP contribution < -0.4 is 10.1 Å². The Morgan fingerprint density at radius 2 is 2.50 bits per heavy atom. The number of ether oxygens (including phenoxy) is 1. The number of carbonyl (C=O) groups is 1. The maximum Gasteiger partial charge on any atom is 0.263 e. The van der Waals surface area contributed by atoms with E-state index in [9.17, 15) is 4.79 Å². The van der Waals surface area contributed by atoms with Gasteiger partial charge in [-0.25, -0.2) is 9.97 Å². The van der Waals surface area contributed by atoms with E-state index in [4.69, 9.17) is 4.74 Å². The molecule has 0 atom stereocenters. The van der Waals surface area contributed by atoms with Crippen molar-refractivity contribution in [1.82, 2.24) is 9.97 Å². The Morgan fingerprint density at radius 3 is 3.33 bits per heavy atom. The fraction of sp³-hybridized carbons (Fsp3) is 0.286. The fourth-order valence-corrected chi connectivity index (χ4v) is 0.966. The first-order chi connectivity index (χ1) is 5.75. The van der Waals surface area contributed by atoms with E-state index in [0.717, 1.165) is 0 Å². The zero-order valence-electron chi connectivity index (χ0n) is 6.50. The molecule has 1 aliphatic rings. The summed E-state index contributed by atoms with van der Waals surface area (Å²) in [4.78, 5) is 18.8. The first-order valence-corrected chi connectivity index (χ1v) is 3.52. The van der Waals surface area contributed by atoms with Gasteiger partial charge in [0.1, 0.15) is 5.82 Å². The molecule has 0 spiro atoms. The first kappa shape index (κ1) is 7.02. The molecule has 2 rings (SSSR count). The number of nitrogens with zero attached hydrogens (tertiary/aromatic N) is 2. The predicted molar refractivity (Wildman–Crippen MR) is 40.9 cm³/mol. The van der Waals surface area contributed by atoms with Crippen molar-refractivity contribution in [2.75, 3.05) is 11.9 Å². The third-order valence-electron chi connectivity index (χ3n) is 1.49. The molecule has 1 N–H and O–H groups in total. The van der Waals surface area contributed by atoms with Gasteiger partial charge in [0.2, 0.25) is 0 Å². The van der Waals surface area contributed by atoms with Gasteiger partial charge in [0.25, 0.3) is 5.91 Å². The van der Waals surface area contributed by atoms with Crippen LogP contribution in [0.4, 0.5) is 5.82 Å². The molecule has 5 heteroatoms. The predicted octanol–water partition coefficient (Wildman–Crippen LogP) is 0.116. The van der Waals surface area contributed by atoms with Gasteiger partial charge in [-0.1, -0.05) is 0 Å². The number of hydrogen-bond donors (Lipinski definition) is 1. The first-order valence-electron chi connectivity index (χ1n) is 3.52. The molecule has 1 aromatic rings. The summed E-state index contributed by atoms with van der Waals surface area (Å²) in [5.74, 6) is 1.42. The molecule has 0 radical (unpaired) electrons. The van der Waals surface area contributed by atoms with Gasteiger partial charge >= 0.3 is 0 Å². The highest BCUT2D eigenvalue weighted by Crippen LogP contribution is 2.23. The topological polar surface area (TPSA) is 64.1 Å². The molecule has 0 unspecified atom stereocenters. The van der Waals surface area contributed by atoms with E-state index < -0.39 is 0 Å². The minimum atomic E-state index is -0.180. The van der Waals surface area contributed by atoms with Crippen LogP contribution in [0.25, 0.3) is 0 Å². The Kier molecular flexibility index (Phi) is 1.43. The molecule has 0 fully saturated rings. The van der Waals surface area contributed by atoms with E-state index in [0.29, 0.717) is 17.4 Å². The molecule has 0 aliphatic carbocycles. The van der Waals surface area contributed by atoms with Gasteiger partial charge in [-0.05, 0) is 6.92 Å². The fourth-order valence-electron chi connectivity index (χ4n) is 0.966. The Labute approximate surface area is 68.8 Å². The Morgan fingerprint density at radius 1 is 1.67 bits per heavy atom. The summed E-state index contributed by atoms with van der Waals surface area (Å²) in [5, 5.41) is 2.59. The maximum atomic E-state index is 10.8. The maximum absolute atomic E-state index is 10.8. The summed E-state index contributed by atoms with van der Waals surface area (Å²) >= 11 is 0. The number of aryl methyl sites for hydroxylation is 1. The molecule has 0 aromatic carbocycles. The van der Waals surface area contributed by atoms with E-state index in [2.05, 4.69) is 15.3 Å². The second-order valence-corrected chi connectivity index (χ2v) is 2.47. The Balaban J connectivity index is 2.44. The van der Waals surface area contributed by atoms with Crippen LogP contribution in [0.3, 0.4) is 0 Å². The van der Waals surface area contributed by atoms with Crippen molar-refractivity contribution in [2.45, 2.75) is 6.92 Å². The average Bonchev–Trinajstić information content (AvgIpc) is 2.03. The van der Waals surface area contributed by atoms with Crippen LogP contribution in [0.2, 0.25) is 0 Å². The molecule has 5 nitrogen and oxygen atoms in total. The molecule has 62 valence electrons. The smallest absolute Gasteiger partial charge is 0.263 e. The van der Waals surface area contributed by atoms with E-state index >= 15 is 0 Å². The molecule has 0 bridgehead atoms. The van der Waals surface area contributed by atoms with Crippen molar-refractivity contribution >= 4 is 11.7 Å². The molecular weight excluding hydrogens is 158 g/mol. The van der Waals surface area contributed by atoms with Crippen LogP contribution in [-0.2, 0) is 4.79 Å². The highest BCUT2D eigenvalue weighted by molar-refractivity contribution is 5.93. The molecule has 0 saturated carbocycles. The summed E-state index contributed by atoms with van der Waals surface area (Å²) in [6.45, 7) is 1.79. The summed E-state index contributed by atoms with van der Waals surface area (Å²) in [5.41, 5.74) is 0. The van der Waals surface area contributed by atoms with E-state index in [1.165, 1.54) is 0 Å². The van der Waals surface area contributed by atoms with Gasteiger partial charge in [0.05, 0.1) is 6.20 Å². The number of anilines is 1. The van der Waals surface area contributed by atoms with Crippen molar-refractivity contribution in [3.8, 4) is 5.75 Å². The molecule has 1 aliphatic heterocycles. The van der Waals surface area contributed by atoms with Crippen LogP contribution >= 0.6 is 0 Å². The minimum absolute atomic E-state index is 0.0411. The molecule has 2 heterocycles. The van der Waals surface area contributed by atoms with Gasteiger partial charge in [0.15, 0.2) is 18.2 Å². The van der Waals surface area contributed by atoms with Crippen LogP contribution in [0.1, 0.15) is 5.82 Å². The minimum Gasteiger partial charge on any atom is -0.478 e. The summed E-state index contributed by atoms with van der Waals surface area (Å²) in [7, 11) is 0. The zero-order valence-corrected chi connectivity index (χ0v) is 6.50. The van der Waals surface area contributed by atoms with Crippen molar-refractivity contribution in [1.29, 1.82) is 0 Å². The van der Waals surface area contributed by atoms with Crippen LogP contribution in [0, 0.1) is 6.92 Å². The van der Waals surface area contributed by atoms with E-state index in [1.54, 1.807) is 13.1 Å². The lowest BCUT2D eigenvalue weighted by Gasteiger charge is -2.15. The number of hydrogen-bond acceptors (Lipinski definition) is 4. The van der Waals surface area contributed by atoms with Gasteiger partial charge in [0, 0.05) is 0 Å². The normalized spacial score (nSPS) is 14.6. The Hall–Kier alpha value is -1.65. The number of nitrogens with one attached hydrogen (secondary N) is 1. The quantitative estimate of drug-likeness (QED) is 0.592. The summed E-state index contributed by atoms with van der Waals surface area (Å²) in [6.07, 6.45) is 1.55. The highest BCUT2D eigenvalue weighted by Gasteiger charge is 2.16. The average molecular weight is 165 g/mol. The lowest BCUT2D eigenvalue weighted by molar-refractivity contribution is -0.118.